The zero-order valence-electron chi connectivity index (χ0n) is 6.10. The van der Waals surface area contributed by atoms with Gasteiger partial charge in [0.25, 0.3) is 0 Å². The van der Waals surface area contributed by atoms with Crippen molar-refractivity contribution in [3.8, 4) is 0 Å². The molecule has 0 rings (SSSR count). The Hall–Kier alpha value is -1.05. The molecule has 0 spiro atoms. The van der Waals surface area contributed by atoms with E-state index in [4.69, 9.17) is 5.73 Å². The molecular weight excluding hydrogens is 129 g/mol. The molecule has 10 heavy (non-hydrogen) atoms. The van der Waals surface area contributed by atoms with Gasteiger partial charge in [-0.2, -0.15) is 0 Å². The second-order valence-corrected chi connectivity index (χ2v) is 1.83. The summed E-state index contributed by atoms with van der Waals surface area (Å²) in [5.41, 5.74) is 5.95. The number of allylic oxidation sites excluding steroid dienone is 4. The van der Waals surface area contributed by atoms with E-state index >= 15 is 0 Å². The Bertz CT molecular complexity index is 168. The first-order valence-corrected chi connectivity index (χ1v) is 3.15. The molecule has 0 saturated heterocycles. The van der Waals surface area contributed by atoms with Crippen molar-refractivity contribution in [3.05, 3.63) is 36.3 Å². The average Bonchev–Trinajstić information content (AvgIpc) is 1.99. The molecule has 0 atom stereocenters. The molecule has 0 aromatic rings. The number of halogens is 1. The van der Waals surface area contributed by atoms with E-state index in [0.717, 1.165) is 18.1 Å². The monoisotopic (exact) mass is 141 g/mol. The zero-order chi connectivity index (χ0) is 7.98. The lowest BCUT2D eigenvalue weighted by Gasteiger charge is -1.92. The lowest BCUT2D eigenvalue weighted by Crippen LogP contribution is -1.84. The van der Waals surface area contributed by atoms with Crippen molar-refractivity contribution >= 4 is 0 Å². The van der Waals surface area contributed by atoms with Gasteiger partial charge in [-0.25, -0.2) is 4.39 Å². The van der Waals surface area contributed by atoms with Gasteiger partial charge < -0.3 is 5.73 Å². The Kier molecular flexibility index (Phi) is 4.29. The third-order valence-electron chi connectivity index (χ3n) is 1.14. The Morgan fingerprint density at radius 2 is 2.30 bits per heavy atom. The highest BCUT2D eigenvalue weighted by molar-refractivity contribution is 5.24. The second-order valence-electron chi connectivity index (χ2n) is 1.83. The summed E-state index contributed by atoms with van der Waals surface area (Å²) in [6.07, 6.45) is 4.65. The van der Waals surface area contributed by atoms with Gasteiger partial charge in [-0.1, -0.05) is 13.5 Å². The van der Waals surface area contributed by atoms with Crippen LogP contribution in [-0.2, 0) is 0 Å². The molecule has 2 heteroatoms. The van der Waals surface area contributed by atoms with E-state index in [2.05, 4.69) is 6.58 Å². The van der Waals surface area contributed by atoms with Gasteiger partial charge in [-0.3, -0.25) is 0 Å². The van der Waals surface area contributed by atoms with Crippen LogP contribution in [0.15, 0.2) is 36.3 Å². The van der Waals surface area contributed by atoms with Gasteiger partial charge in [-0.05, 0) is 30.3 Å². The van der Waals surface area contributed by atoms with Gasteiger partial charge in [0.15, 0.2) is 0 Å². The largest absolute Gasteiger partial charge is 0.404 e. The fraction of sp³-hybridized carbons (Fsp3) is 0.250. The van der Waals surface area contributed by atoms with Crippen molar-refractivity contribution in [2.75, 3.05) is 0 Å². The van der Waals surface area contributed by atoms with Crippen molar-refractivity contribution in [1.29, 1.82) is 0 Å². The van der Waals surface area contributed by atoms with Crippen LogP contribution < -0.4 is 5.73 Å². The average molecular weight is 141 g/mol. The van der Waals surface area contributed by atoms with Crippen molar-refractivity contribution < 1.29 is 4.39 Å². The third-order valence-corrected chi connectivity index (χ3v) is 1.14. The zero-order valence-corrected chi connectivity index (χ0v) is 6.10. The van der Waals surface area contributed by atoms with Gasteiger partial charge in [-0.15, -0.1) is 0 Å². The minimum atomic E-state index is -0.349. The molecular formula is C8H12FN. The quantitative estimate of drug-likeness (QED) is 0.599. The smallest absolute Gasteiger partial charge is 0.122 e. The van der Waals surface area contributed by atoms with Crippen LogP contribution in [0.1, 0.15) is 13.3 Å². The lowest BCUT2D eigenvalue weighted by atomic mass is 10.2. The molecule has 2 N–H and O–H groups in total. The number of rotatable bonds is 3. The van der Waals surface area contributed by atoms with Gasteiger partial charge in [0.1, 0.15) is 5.83 Å². The fourth-order valence-corrected chi connectivity index (χ4v) is 0.504. The van der Waals surface area contributed by atoms with E-state index < -0.39 is 0 Å². The molecule has 0 radical (unpaired) electrons. The molecule has 0 fully saturated rings. The van der Waals surface area contributed by atoms with Gasteiger partial charge in [0, 0.05) is 0 Å². The van der Waals surface area contributed by atoms with Crippen LogP contribution in [0, 0.1) is 0 Å². The van der Waals surface area contributed by atoms with Crippen LogP contribution in [-0.4, -0.2) is 0 Å². The topological polar surface area (TPSA) is 26.0 Å². The van der Waals surface area contributed by atoms with E-state index in [0.29, 0.717) is 0 Å². The Labute approximate surface area is 60.7 Å². The molecule has 0 bridgehead atoms. The minimum Gasteiger partial charge on any atom is -0.404 e. The molecule has 56 valence electrons. The van der Waals surface area contributed by atoms with Gasteiger partial charge in [0.2, 0.25) is 0 Å². The summed E-state index contributed by atoms with van der Waals surface area (Å²) in [5.74, 6) is -0.349. The maximum absolute atomic E-state index is 12.4. The highest BCUT2D eigenvalue weighted by Crippen LogP contribution is 2.06. The van der Waals surface area contributed by atoms with E-state index in [1.165, 1.54) is 12.3 Å². The van der Waals surface area contributed by atoms with E-state index in [1.54, 1.807) is 0 Å². The Balaban J connectivity index is 4.22. The summed E-state index contributed by atoms with van der Waals surface area (Å²) < 4.78 is 12.4. The standard InChI is InChI=1S/C8H12FN/c1-3-7(6-10)5-8(9)4-2/h4-6H,2-3,10H2,1H3/b7-6-,8-5+. The summed E-state index contributed by atoms with van der Waals surface area (Å²) in [4.78, 5) is 0. The van der Waals surface area contributed by atoms with Gasteiger partial charge >= 0.3 is 0 Å². The summed E-state index contributed by atoms with van der Waals surface area (Å²) in [6, 6.07) is 0. The van der Waals surface area contributed by atoms with E-state index in [1.807, 2.05) is 6.92 Å². The van der Waals surface area contributed by atoms with Crippen LogP contribution in [0.25, 0.3) is 0 Å². The number of hydrogen-bond acceptors (Lipinski definition) is 1. The first kappa shape index (κ1) is 8.95. The summed E-state index contributed by atoms with van der Waals surface area (Å²) in [7, 11) is 0. The molecule has 0 amide bonds. The summed E-state index contributed by atoms with van der Waals surface area (Å²) in [6.45, 7) is 5.18. The van der Waals surface area contributed by atoms with Crippen LogP contribution >= 0.6 is 0 Å². The first-order valence-electron chi connectivity index (χ1n) is 3.15. The van der Waals surface area contributed by atoms with Crippen molar-refractivity contribution in [2.45, 2.75) is 13.3 Å². The normalized spacial score (nSPS) is 13.4. The molecule has 0 aromatic carbocycles. The second kappa shape index (κ2) is 4.79. The first-order chi connectivity index (χ1) is 4.74. The Morgan fingerprint density at radius 3 is 2.60 bits per heavy atom. The minimum absolute atomic E-state index is 0.349. The highest BCUT2D eigenvalue weighted by Gasteiger charge is 1.89. The third kappa shape index (κ3) is 3.07. The van der Waals surface area contributed by atoms with Crippen molar-refractivity contribution in [1.82, 2.24) is 0 Å². The van der Waals surface area contributed by atoms with Crippen LogP contribution in [0.3, 0.4) is 0 Å². The maximum atomic E-state index is 12.4. The molecule has 0 heterocycles. The van der Waals surface area contributed by atoms with Crippen molar-refractivity contribution in [3.63, 3.8) is 0 Å². The molecule has 0 saturated carbocycles. The van der Waals surface area contributed by atoms with Crippen LogP contribution in [0.2, 0.25) is 0 Å². The summed E-state index contributed by atoms with van der Waals surface area (Å²) >= 11 is 0. The van der Waals surface area contributed by atoms with E-state index in [9.17, 15) is 4.39 Å². The van der Waals surface area contributed by atoms with Gasteiger partial charge in [0.05, 0.1) is 0 Å². The molecule has 0 aromatic heterocycles. The molecule has 0 aliphatic heterocycles. The molecule has 0 aliphatic rings. The fourth-order valence-electron chi connectivity index (χ4n) is 0.504. The lowest BCUT2D eigenvalue weighted by molar-refractivity contribution is 0.665. The predicted octanol–water partition coefficient (Wildman–Crippen LogP) is 2.28. The van der Waals surface area contributed by atoms with Crippen molar-refractivity contribution in [2.24, 2.45) is 5.73 Å². The summed E-state index contributed by atoms with van der Waals surface area (Å²) in [5, 5.41) is 0. The SMILES string of the molecule is C=C/C(F)=C\C(=C/N)CC. The maximum Gasteiger partial charge on any atom is 0.122 e. The predicted molar refractivity (Wildman–Crippen MR) is 41.9 cm³/mol. The van der Waals surface area contributed by atoms with Crippen LogP contribution in [0.5, 0.6) is 0 Å². The molecule has 1 nitrogen and oxygen atoms in total. The number of hydrogen-bond donors (Lipinski definition) is 1. The van der Waals surface area contributed by atoms with Crippen LogP contribution in [0.4, 0.5) is 4.39 Å². The van der Waals surface area contributed by atoms with E-state index in [-0.39, 0.29) is 5.83 Å². The highest BCUT2D eigenvalue weighted by atomic mass is 19.1. The molecule has 0 unspecified atom stereocenters. The number of nitrogens with two attached hydrogens (primary N) is 1. The Morgan fingerprint density at radius 1 is 1.70 bits per heavy atom. The molecule has 0 aliphatic carbocycles.